The van der Waals surface area contributed by atoms with E-state index in [0.29, 0.717) is 29.5 Å². The van der Waals surface area contributed by atoms with E-state index in [4.69, 9.17) is 22.7 Å². The van der Waals surface area contributed by atoms with Crippen molar-refractivity contribution >= 4 is 35.3 Å². The van der Waals surface area contributed by atoms with Crippen LogP contribution in [-0.2, 0) is 10.3 Å². The van der Waals surface area contributed by atoms with Gasteiger partial charge in [0.15, 0.2) is 0 Å². The van der Waals surface area contributed by atoms with Gasteiger partial charge in [0.1, 0.15) is 10.8 Å². The number of morpholine rings is 1. The first-order valence-corrected chi connectivity index (χ1v) is 5.36. The molecule has 1 aliphatic rings. The second-order valence-corrected chi connectivity index (χ2v) is 4.61. The van der Waals surface area contributed by atoms with Gasteiger partial charge >= 0.3 is 0 Å². The molecule has 1 aliphatic heterocycles. The van der Waals surface area contributed by atoms with E-state index in [-0.39, 0.29) is 18.2 Å². The molecular formula is C11H14ClFN2OS. The van der Waals surface area contributed by atoms with E-state index < -0.39 is 5.54 Å². The van der Waals surface area contributed by atoms with Crippen LogP contribution >= 0.6 is 24.6 Å². The second kappa shape index (κ2) is 5.16. The number of nitrogens with two attached hydrogens (primary N) is 1. The van der Waals surface area contributed by atoms with Gasteiger partial charge in [-0.1, -0.05) is 12.2 Å². The summed E-state index contributed by atoms with van der Waals surface area (Å²) in [5, 5.41) is 3.09. The van der Waals surface area contributed by atoms with Gasteiger partial charge in [-0.3, -0.25) is 0 Å². The Balaban J connectivity index is 0.00000144. The highest BCUT2D eigenvalue weighted by Crippen LogP contribution is 2.27. The molecule has 3 N–H and O–H groups in total. The fourth-order valence-electron chi connectivity index (χ4n) is 1.84. The lowest BCUT2D eigenvalue weighted by Crippen LogP contribution is -2.52. The summed E-state index contributed by atoms with van der Waals surface area (Å²) < 4.78 is 19.1. The summed E-state index contributed by atoms with van der Waals surface area (Å²) in [5.74, 6) is -0.308. The maximum Gasteiger partial charge on any atom is 0.128 e. The SMILES string of the molecule is C[C@@]1(c2cc(N)ccc2F)COCC(=S)N1.Cl. The normalized spacial score (nSPS) is 23.8. The van der Waals surface area contributed by atoms with Crippen molar-refractivity contribution in [1.29, 1.82) is 0 Å². The van der Waals surface area contributed by atoms with Crippen LogP contribution < -0.4 is 11.1 Å². The summed E-state index contributed by atoms with van der Waals surface area (Å²) in [6, 6.07) is 4.50. The molecule has 0 saturated carbocycles. The standard InChI is InChI=1S/C11H13FN2OS.ClH/c1-11(6-15-5-10(16)14-11)8-4-7(13)2-3-9(8)12;/h2-4H,5-6,13H2,1H3,(H,14,16);1H/t11-;/m0./s1. The van der Waals surface area contributed by atoms with E-state index in [9.17, 15) is 4.39 Å². The van der Waals surface area contributed by atoms with Gasteiger partial charge in [-0.15, -0.1) is 12.4 Å². The molecule has 17 heavy (non-hydrogen) atoms. The van der Waals surface area contributed by atoms with Crippen molar-refractivity contribution in [2.24, 2.45) is 0 Å². The summed E-state index contributed by atoms with van der Waals surface area (Å²) in [4.78, 5) is 0.579. The minimum atomic E-state index is -0.644. The van der Waals surface area contributed by atoms with Gasteiger partial charge in [-0.2, -0.15) is 0 Å². The van der Waals surface area contributed by atoms with E-state index >= 15 is 0 Å². The number of benzene rings is 1. The zero-order chi connectivity index (χ0) is 11.8. The minimum absolute atomic E-state index is 0. The van der Waals surface area contributed by atoms with Crippen molar-refractivity contribution in [3.05, 3.63) is 29.6 Å². The predicted octanol–water partition coefficient (Wildman–Crippen LogP) is 1.99. The van der Waals surface area contributed by atoms with Gasteiger partial charge in [0, 0.05) is 11.3 Å². The molecule has 0 amide bonds. The van der Waals surface area contributed by atoms with Crippen LogP contribution in [0, 0.1) is 5.82 Å². The monoisotopic (exact) mass is 276 g/mol. The average Bonchev–Trinajstić information content (AvgIpc) is 2.21. The molecule has 1 aromatic rings. The quantitative estimate of drug-likeness (QED) is 0.608. The van der Waals surface area contributed by atoms with Gasteiger partial charge < -0.3 is 15.8 Å². The lowest BCUT2D eigenvalue weighted by Gasteiger charge is -2.36. The Kier molecular flexibility index (Phi) is 4.30. The molecule has 94 valence electrons. The van der Waals surface area contributed by atoms with Crippen LogP contribution in [0.4, 0.5) is 10.1 Å². The zero-order valence-electron chi connectivity index (χ0n) is 9.33. The van der Waals surface area contributed by atoms with E-state index in [1.165, 1.54) is 12.1 Å². The van der Waals surface area contributed by atoms with Crippen molar-refractivity contribution < 1.29 is 9.13 Å². The molecule has 2 rings (SSSR count). The van der Waals surface area contributed by atoms with E-state index in [0.717, 1.165) is 0 Å². The molecule has 1 aromatic carbocycles. The first-order chi connectivity index (χ1) is 7.51. The van der Waals surface area contributed by atoms with Gasteiger partial charge in [0.2, 0.25) is 0 Å². The topological polar surface area (TPSA) is 47.3 Å². The number of nitrogen functional groups attached to an aromatic ring is 1. The number of nitrogens with one attached hydrogen (secondary N) is 1. The first kappa shape index (κ1) is 14.2. The van der Waals surface area contributed by atoms with Gasteiger partial charge in [0.05, 0.1) is 18.8 Å². The molecule has 0 aliphatic carbocycles. The Morgan fingerprint density at radius 1 is 1.53 bits per heavy atom. The van der Waals surface area contributed by atoms with E-state index in [1.807, 2.05) is 6.92 Å². The number of hydrogen-bond acceptors (Lipinski definition) is 3. The fraction of sp³-hybridized carbons (Fsp3) is 0.364. The van der Waals surface area contributed by atoms with Crippen molar-refractivity contribution in [3.63, 3.8) is 0 Å². The van der Waals surface area contributed by atoms with Crippen LogP contribution in [0.3, 0.4) is 0 Å². The number of rotatable bonds is 1. The molecule has 3 nitrogen and oxygen atoms in total. The van der Waals surface area contributed by atoms with Crippen molar-refractivity contribution in [3.8, 4) is 0 Å². The molecule has 0 aromatic heterocycles. The zero-order valence-corrected chi connectivity index (χ0v) is 11.0. The van der Waals surface area contributed by atoms with E-state index in [1.54, 1.807) is 6.07 Å². The highest BCUT2D eigenvalue weighted by Gasteiger charge is 2.33. The number of ether oxygens (including phenoxy) is 1. The molecule has 6 heteroatoms. The first-order valence-electron chi connectivity index (χ1n) is 4.95. The van der Waals surface area contributed by atoms with Gasteiger partial charge in [-0.25, -0.2) is 4.39 Å². The molecule has 0 unspecified atom stereocenters. The van der Waals surface area contributed by atoms with Crippen LogP contribution in [0.5, 0.6) is 0 Å². The molecule has 0 bridgehead atoms. The smallest absolute Gasteiger partial charge is 0.128 e. The Labute approximate surface area is 111 Å². The predicted molar refractivity (Wildman–Crippen MR) is 72.0 cm³/mol. The summed E-state index contributed by atoms with van der Waals surface area (Å²) >= 11 is 5.04. The summed E-state index contributed by atoms with van der Waals surface area (Å²) in [6.45, 7) is 2.60. The van der Waals surface area contributed by atoms with Crippen LogP contribution in [0.15, 0.2) is 18.2 Å². The van der Waals surface area contributed by atoms with Crippen LogP contribution in [0.1, 0.15) is 12.5 Å². The maximum absolute atomic E-state index is 13.7. The lowest BCUT2D eigenvalue weighted by molar-refractivity contribution is 0.0857. The Hall–Kier alpha value is -0.910. The Morgan fingerprint density at radius 2 is 2.24 bits per heavy atom. The third-order valence-corrected chi connectivity index (χ3v) is 2.84. The number of anilines is 1. The average molecular weight is 277 g/mol. The van der Waals surface area contributed by atoms with Gasteiger partial charge in [0.25, 0.3) is 0 Å². The van der Waals surface area contributed by atoms with Crippen LogP contribution in [0.2, 0.25) is 0 Å². The summed E-state index contributed by atoms with van der Waals surface area (Å²) in [7, 11) is 0. The third kappa shape index (κ3) is 2.86. The second-order valence-electron chi connectivity index (χ2n) is 4.11. The minimum Gasteiger partial charge on any atom is -0.399 e. The number of hydrogen-bond donors (Lipinski definition) is 2. The summed E-state index contributed by atoms with van der Waals surface area (Å²) in [5.41, 5.74) is 6.02. The Morgan fingerprint density at radius 3 is 2.88 bits per heavy atom. The van der Waals surface area contributed by atoms with Crippen LogP contribution in [-0.4, -0.2) is 18.2 Å². The molecule has 1 heterocycles. The molecule has 1 fully saturated rings. The van der Waals surface area contributed by atoms with Crippen LogP contribution in [0.25, 0.3) is 0 Å². The largest absolute Gasteiger partial charge is 0.399 e. The Bertz CT molecular complexity index is 443. The number of halogens is 2. The summed E-state index contributed by atoms with van der Waals surface area (Å²) in [6.07, 6.45) is 0. The highest BCUT2D eigenvalue weighted by atomic mass is 35.5. The fourth-order valence-corrected chi connectivity index (χ4v) is 2.15. The molecule has 1 atom stereocenters. The maximum atomic E-state index is 13.7. The highest BCUT2D eigenvalue weighted by molar-refractivity contribution is 7.80. The van der Waals surface area contributed by atoms with Crippen molar-refractivity contribution in [1.82, 2.24) is 5.32 Å². The molecule has 0 radical (unpaired) electrons. The molecule has 0 spiro atoms. The van der Waals surface area contributed by atoms with Crippen molar-refractivity contribution in [2.45, 2.75) is 12.5 Å². The van der Waals surface area contributed by atoms with Crippen molar-refractivity contribution in [2.75, 3.05) is 18.9 Å². The van der Waals surface area contributed by atoms with Gasteiger partial charge in [-0.05, 0) is 25.1 Å². The van der Waals surface area contributed by atoms with E-state index in [2.05, 4.69) is 5.32 Å². The molecular weight excluding hydrogens is 263 g/mol. The number of thiocarbonyl (C=S) groups is 1. The lowest BCUT2D eigenvalue weighted by atomic mass is 9.91. The third-order valence-electron chi connectivity index (χ3n) is 2.62. The molecule has 1 saturated heterocycles.